The highest BCUT2D eigenvalue weighted by molar-refractivity contribution is 6.36. The Labute approximate surface area is 179 Å². The van der Waals surface area contributed by atoms with E-state index in [1.165, 1.54) is 25.3 Å². The quantitative estimate of drug-likeness (QED) is 0.446. The molecule has 0 fully saturated rings. The number of carbonyl (C=O) groups excluding carboxylic acids is 2. The number of hydrogen-bond donors (Lipinski definition) is 1. The lowest BCUT2D eigenvalue weighted by Gasteiger charge is -2.15. The second-order valence-electron chi connectivity index (χ2n) is 5.80. The van der Waals surface area contributed by atoms with Crippen molar-refractivity contribution in [1.82, 2.24) is 0 Å². The van der Waals surface area contributed by atoms with Crippen LogP contribution in [0.25, 0.3) is 0 Å². The van der Waals surface area contributed by atoms with E-state index in [0.717, 1.165) is 18.2 Å². The van der Waals surface area contributed by atoms with Gasteiger partial charge in [-0.2, -0.15) is 13.2 Å². The van der Waals surface area contributed by atoms with Crippen LogP contribution in [-0.2, 0) is 20.4 Å². The van der Waals surface area contributed by atoms with Crippen LogP contribution >= 0.6 is 23.2 Å². The van der Waals surface area contributed by atoms with Gasteiger partial charge in [0.2, 0.25) is 0 Å². The van der Waals surface area contributed by atoms with Crippen LogP contribution in [0.4, 0.5) is 18.9 Å². The third-order valence-electron chi connectivity index (χ3n) is 3.61. The number of anilines is 1. The average molecular weight is 466 g/mol. The molecular formula is C19H16Cl2F3NO5. The van der Waals surface area contributed by atoms with Gasteiger partial charge in [-0.3, -0.25) is 4.79 Å². The molecule has 0 radical (unpaired) electrons. The van der Waals surface area contributed by atoms with Crippen molar-refractivity contribution in [3.63, 3.8) is 0 Å². The Bertz CT molecular complexity index is 922. The number of hydrogen-bond acceptors (Lipinski definition) is 5. The number of halogens is 5. The minimum atomic E-state index is -4.62. The fourth-order valence-electron chi connectivity index (χ4n) is 2.21. The van der Waals surface area contributed by atoms with Crippen molar-refractivity contribution < 1.29 is 37.0 Å². The summed E-state index contributed by atoms with van der Waals surface area (Å²) < 4.78 is 54.0. The fraction of sp³-hybridized carbons (Fsp3) is 0.263. The zero-order valence-electron chi connectivity index (χ0n) is 15.5. The largest absolute Gasteiger partial charge is 0.489 e. The van der Waals surface area contributed by atoms with Gasteiger partial charge in [0.25, 0.3) is 5.91 Å². The zero-order valence-corrected chi connectivity index (χ0v) is 17.0. The van der Waals surface area contributed by atoms with Crippen molar-refractivity contribution in [2.45, 2.75) is 6.18 Å². The minimum absolute atomic E-state index is 0.000437. The van der Waals surface area contributed by atoms with Gasteiger partial charge in [-0.05, 0) is 36.4 Å². The molecule has 0 aliphatic heterocycles. The lowest BCUT2D eigenvalue weighted by molar-refractivity contribution is -0.137. The Morgan fingerprint density at radius 1 is 1.07 bits per heavy atom. The monoisotopic (exact) mass is 465 g/mol. The molecule has 6 nitrogen and oxygen atoms in total. The Morgan fingerprint density at radius 2 is 1.80 bits per heavy atom. The Kier molecular flexibility index (Phi) is 8.33. The summed E-state index contributed by atoms with van der Waals surface area (Å²) in [4.78, 5) is 24.2. The maximum absolute atomic E-state index is 13.0. The molecule has 2 aromatic carbocycles. The molecule has 0 heterocycles. The molecule has 162 valence electrons. The molecule has 0 saturated heterocycles. The number of ether oxygens (including phenoxy) is 3. The molecule has 0 aliphatic carbocycles. The fourth-order valence-corrected chi connectivity index (χ4v) is 2.70. The van der Waals surface area contributed by atoms with E-state index in [-0.39, 0.29) is 35.2 Å². The van der Waals surface area contributed by atoms with E-state index >= 15 is 0 Å². The highest BCUT2D eigenvalue weighted by atomic mass is 35.5. The molecule has 0 saturated carbocycles. The molecule has 1 amide bonds. The first-order valence-corrected chi connectivity index (χ1v) is 9.12. The summed E-state index contributed by atoms with van der Waals surface area (Å²) in [6.45, 7) is -0.520. The van der Waals surface area contributed by atoms with Gasteiger partial charge in [-0.1, -0.05) is 23.2 Å². The summed E-state index contributed by atoms with van der Waals surface area (Å²) in [6.07, 6.45) is -4.62. The predicted molar refractivity (Wildman–Crippen MR) is 104 cm³/mol. The number of esters is 1. The smallest absolute Gasteiger partial charge is 0.416 e. The van der Waals surface area contributed by atoms with Gasteiger partial charge in [0.1, 0.15) is 12.4 Å². The van der Waals surface area contributed by atoms with Crippen LogP contribution in [0.5, 0.6) is 5.75 Å². The summed E-state index contributed by atoms with van der Waals surface area (Å²) in [5.74, 6) is -1.77. The first-order valence-electron chi connectivity index (χ1n) is 8.37. The second-order valence-corrected chi connectivity index (χ2v) is 6.64. The molecule has 0 aromatic heterocycles. The molecule has 2 rings (SSSR count). The maximum atomic E-state index is 13.0. The number of carbonyl (C=O) groups is 2. The van der Waals surface area contributed by atoms with Crippen molar-refractivity contribution in [1.29, 1.82) is 0 Å². The van der Waals surface area contributed by atoms with Gasteiger partial charge >= 0.3 is 12.1 Å². The third-order valence-corrected chi connectivity index (χ3v) is 4.16. The zero-order chi connectivity index (χ0) is 22.3. The molecule has 0 bridgehead atoms. The van der Waals surface area contributed by atoms with E-state index in [2.05, 4.69) is 5.32 Å². The molecule has 0 spiro atoms. The van der Waals surface area contributed by atoms with Gasteiger partial charge in [-0.15, -0.1) is 0 Å². The highest BCUT2D eigenvalue weighted by Crippen LogP contribution is 2.35. The molecule has 30 heavy (non-hydrogen) atoms. The lowest BCUT2D eigenvalue weighted by Crippen LogP contribution is -2.22. The van der Waals surface area contributed by atoms with E-state index < -0.39 is 30.2 Å². The predicted octanol–water partition coefficient (Wildman–Crippen LogP) is 4.83. The first kappa shape index (κ1) is 23.8. The van der Waals surface area contributed by atoms with E-state index in [1.807, 2.05) is 0 Å². The van der Waals surface area contributed by atoms with E-state index in [4.69, 9.17) is 37.4 Å². The normalized spacial score (nSPS) is 11.1. The average Bonchev–Trinajstić information content (AvgIpc) is 2.66. The SMILES string of the molecule is COCCOc1ccc(C(F)(F)F)cc1NC(=O)COC(=O)c1ccc(Cl)cc1Cl. The standard InChI is InChI=1S/C19H16Cl2F3NO5/c1-28-6-7-29-16-5-2-11(19(22,23)24)8-15(16)25-17(26)10-30-18(27)13-4-3-12(20)9-14(13)21/h2-5,8-9H,6-7,10H2,1H3,(H,25,26). The minimum Gasteiger partial charge on any atom is -0.489 e. The molecule has 0 atom stereocenters. The number of alkyl halides is 3. The van der Waals surface area contributed by atoms with Gasteiger partial charge in [-0.25, -0.2) is 4.79 Å². The third kappa shape index (κ3) is 6.79. The van der Waals surface area contributed by atoms with E-state index in [1.54, 1.807) is 0 Å². The Morgan fingerprint density at radius 3 is 2.43 bits per heavy atom. The van der Waals surface area contributed by atoms with Crippen LogP contribution in [0.1, 0.15) is 15.9 Å². The van der Waals surface area contributed by atoms with E-state index in [0.29, 0.717) is 5.02 Å². The molecular weight excluding hydrogens is 450 g/mol. The van der Waals surface area contributed by atoms with Crippen molar-refractivity contribution in [2.24, 2.45) is 0 Å². The van der Waals surface area contributed by atoms with Crippen molar-refractivity contribution in [2.75, 3.05) is 32.2 Å². The number of rotatable bonds is 8. The summed E-state index contributed by atoms with van der Waals surface area (Å²) >= 11 is 11.6. The Hall–Kier alpha value is -2.49. The van der Waals surface area contributed by atoms with Gasteiger partial charge in [0.15, 0.2) is 6.61 Å². The van der Waals surface area contributed by atoms with Crippen LogP contribution < -0.4 is 10.1 Å². The number of amides is 1. The molecule has 0 aliphatic rings. The summed E-state index contributed by atoms with van der Waals surface area (Å²) in [7, 11) is 1.43. The van der Waals surface area contributed by atoms with Crippen LogP contribution in [0, 0.1) is 0 Å². The van der Waals surface area contributed by atoms with Crippen molar-refractivity contribution >= 4 is 40.8 Å². The van der Waals surface area contributed by atoms with Gasteiger partial charge in [0.05, 0.1) is 28.4 Å². The first-order chi connectivity index (χ1) is 14.1. The Balaban J connectivity index is 2.08. The van der Waals surface area contributed by atoms with Crippen molar-refractivity contribution in [3.8, 4) is 5.75 Å². The second kappa shape index (κ2) is 10.5. The van der Waals surface area contributed by atoms with Crippen LogP contribution in [0.2, 0.25) is 10.0 Å². The topological polar surface area (TPSA) is 73.9 Å². The number of methoxy groups -OCH3 is 1. The molecule has 1 N–H and O–H groups in total. The highest BCUT2D eigenvalue weighted by Gasteiger charge is 2.31. The number of benzene rings is 2. The molecule has 2 aromatic rings. The summed E-state index contributed by atoms with van der Waals surface area (Å²) in [5, 5.41) is 2.58. The van der Waals surface area contributed by atoms with Crippen LogP contribution in [-0.4, -0.2) is 38.8 Å². The van der Waals surface area contributed by atoms with E-state index in [9.17, 15) is 22.8 Å². The van der Waals surface area contributed by atoms with Crippen LogP contribution in [0.3, 0.4) is 0 Å². The summed E-state index contributed by atoms with van der Waals surface area (Å²) in [5.41, 5.74) is -1.23. The molecule has 11 heteroatoms. The molecule has 0 unspecified atom stereocenters. The van der Waals surface area contributed by atoms with Crippen LogP contribution in [0.15, 0.2) is 36.4 Å². The van der Waals surface area contributed by atoms with Crippen molar-refractivity contribution in [3.05, 3.63) is 57.6 Å². The maximum Gasteiger partial charge on any atom is 0.416 e. The number of nitrogens with one attached hydrogen (secondary N) is 1. The van der Waals surface area contributed by atoms with Gasteiger partial charge in [0, 0.05) is 12.1 Å². The van der Waals surface area contributed by atoms with Gasteiger partial charge < -0.3 is 19.5 Å². The summed E-state index contributed by atoms with van der Waals surface area (Å²) in [6, 6.07) is 6.67. The lowest BCUT2D eigenvalue weighted by atomic mass is 10.1.